The van der Waals surface area contributed by atoms with Gasteiger partial charge in [0.25, 0.3) is 0 Å². The third-order valence-electron chi connectivity index (χ3n) is 3.21. The van der Waals surface area contributed by atoms with Gasteiger partial charge >= 0.3 is 5.97 Å². The molecule has 0 amide bonds. The van der Waals surface area contributed by atoms with Gasteiger partial charge in [-0.1, -0.05) is 42.5 Å². The van der Waals surface area contributed by atoms with Crippen LogP contribution in [0.4, 0.5) is 0 Å². The number of carboxylic acids is 1. The second-order valence-electron chi connectivity index (χ2n) is 4.51. The summed E-state index contributed by atoms with van der Waals surface area (Å²) in [5.74, 6) is -0.806. The fourth-order valence-electron chi connectivity index (χ4n) is 2.30. The molecule has 19 heavy (non-hydrogen) atoms. The van der Waals surface area contributed by atoms with Crippen LogP contribution in [-0.4, -0.2) is 16.1 Å². The number of fused-ring (bicyclic) bond motifs is 1. The standard InChI is InChI=1S/C16H13NO2/c18-15(19)10-11-4-6-12(7-5-11)14-3-1-2-13-8-9-17-16(13)14/h1-9,17H,10H2,(H,18,19). The van der Waals surface area contributed by atoms with E-state index in [1.165, 1.54) is 5.39 Å². The molecule has 0 saturated carbocycles. The second-order valence-corrected chi connectivity index (χ2v) is 4.51. The van der Waals surface area contributed by atoms with Crippen molar-refractivity contribution in [2.24, 2.45) is 0 Å². The molecule has 3 nitrogen and oxygen atoms in total. The van der Waals surface area contributed by atoms with Crippen molar-refractivity contribution in [1.29, 1.82) is 0 Å². The van der Waals surface area contributed by atoms with Gasteiger partial charge in [-0.3, -0.25) is 4.79 Å². The molecule has 0 fully saturated rings. The predicted octanol–water partition coefficient (Wildman–Crippen LogP) is 3.46. The van der Waals surface area contributed by atoms with Gasteiger partial charge in [-0.05, 0) is 22.6 Å². The van der Waals surface area contributed by atoms with Gasteiger partial charge in [0.15, 0.2) is 0 Å². The highest BCUT2D eigenvalue weighted by molar-refractivity contribution is 5.94. The fraction of sp³-hybridized carbons (Fsp3) is 0.0625. The molecule has 3 rings (SSSR count). The van der Waals surface area contributed by atoms with E-state index >= 15 is 0 Å². The van der Waals surface area contributed by atoms with Crippen molar-refractivity contribution in [2.75, 3.05) is 0 Å². The molecule has 0 aliphatic carbocycles. The van der Waals surface area contributed by atoms with Crippen LogP contribution in [0.25, 0.3) is 22.0 Å². The van der Waals surface area contributed by atoms with Gasteiger partial charge in [0.1, 0.15) is 0 Å². The first-order chi connectivity index (χ1) is 9.24. The lowest BCUT2D eigenvalue weighted by atomic mass is 10.0. The molecule has 0 spiro atoms. The average molecular weight is 251 g/mol. The lowest BCUT2D eigenvalue weighted by Gasteiger charge is -2.05. The number of para-hydroxylation sites is 1. The van der Waals surface area contributed by atoms with E-state index in [-0.39, 0.29) is 6.42 Å². The van der Waals surface area contributed by atoms with Gasteiger partial charge in [-0.15, -0.1) is 0 Å². The van der Waals surface area contributed by atoms with E-state index in [1.807, 2.05) is 42.6 Å². The third kappa shape index (κ3) is 2.22. The molecule has 0 atom stereocenters. The average Bonchev–Trinajstić information content (AvgIpc) is 2.87. The Morgan fingerprint density at radius 2 is 1.84 bits per heavy atom. The first kappa shape index (κ1) is 11.5. The summed E-state index contributed by atoms with van der Waals surface area (Å²) in [6.07, 6.45) is 1.99. The maximum absolute atomic E-state index is 10.7. The number of benzene rings is 2. The number of rotatable bonds is 3. The zero-order valence-corrected chi connectivity index (χ0v) is 10.3. The van der Waals surface area contributed by atoms with E-state index in [1.54, 1.807) is 0 Å². The Kier molecular flexibility index (Phi) is 2.80. The number of nitrogens with one attached hydrogen (secondary N) is 1. The Morgan fingerprint density at radius 3 is 2.58 bits per heavy atom. The van der Waals surface area contributed by atoms with Crippen molar-refractivity contribution in [3.05, 3.63) is 60.3 Å². The van der Waals surface area contributed by atoms with Crippen molar-refractivity contribution in [2.45, 2.75) is 6.42 Å². The highest BCUT2D eigenvalue weighted by Gasteiger charge is 2.05. The van der Waals surface area contributed by atoms with Crippen LogP contribution in [0, 0.1) is 0 Å². The SMILES string of the molecule is O=C(O)Cc1ccc(-c2cccc3cc[nH]c23)cc1. The van der Waals surface area contributed by atoms with Crippen LogP contribution < -0.4 is 0 Å². The quantitative estimate of drug-likeness (QED) is 0.749. The number of H-pyrrole nitrogens is 1. The Bertz CT molecular complexity index is 726. The van der Waals surface area contributed by atoms with Crippen LogP contribution in [0.15, 0.2) is 54.7 Å². The highest BCUT2D eigenvalue weighted by atomic mass is 16.4. The van der Waals surface area contributed by atoms with E-state index < -0.39 is 5.97 Å². The molecule has 94 valence electrons. The Hall–Kier alpha value is -2.55. The van der Waals surface area contributed by atoms with Crippen molar-refractivity contribution < 1.29 is 9.90 Å². The summed E-state index contributed by atoms with van der Waals surface area (Å²) in [5, 5.41) is 9.94. The van der Waals surface area contributed by atoms with Crippen molar-refractivity contribution in [1.82, 2.24) is 4.98 Å². The first-order valence-corrected chi connectivity index (χ1v) is 6.11. The van der Waals surface area contributed by atoms with Crippen LogP contribution in [0.3, 0.4) is 0 Å². The monoisotopic (exact) mass is 251 g/mol. The molecule has 3 heteroatoms. The van der Waals surface area contributed by atoms with Gasteiger partial charge in [-0.25, -0.2) is 0 Å². The zero-order valence-electron chi connectivity index (χ0n) is 10.3. The number of aromatic amines is 1. The molecule has 2 N–H and O–H groups in total. The molecule has 2 aromatic carbocycles. The number of carbonyl (C=O) groups is 1. The van der Waals surface area contributed by atoms with Gasteiger partial charge in [0, 0.05) is 11.8 Å². The minimum absolute atomic E-state index is 0.0625. The lowest BCUT2D eigenvalue weighted by molar-refractivity contribution is -0.136. The summed E-state index contributed by atoms with van der Waals surface area (Å²) in [6, 6.07) is 15.9. The molecule has 0 aliphatic rings. The highest BCUT2D eigenvalue weighted by Crippen LogP contribution is 2.27. The van der Waals surface area contributed by atoms with Crippen LogP contribution in [0.1, 0.15) is 5.56 Å². The lowest BCUT2D eigenvalue weighted by Crippen LogP contribution is -1.99. The fourth-order valence-corrected chi connectivity index (χ4v) is 2.30. The van der Waals surface area contributed by atoms with Gasteiger partial charge in [0.2, 0.25) is 0 Å². The number of hydrogen-bond acceptors (Lipinski definition) is 1. The van der Waals surface area contributed by atoms with E-state index in [2.05, 4.69) is 17.1 Å². The zero-order chi connectivity index (χ0) is 13.2. The maximum atomic E-state index is 10.7. The second kappa shape index (κ2) is 4.61. The number of aliphatic carboxylic acids is 1. The summed E-state index contributed by atoms with van der Waals surface area (Å²) in [4.78, 5) is 13.9. The normalized spacial score (nSPS) is 10.7. The predicted molar refractivity (Wildman–Crippen MR) is 75.1 cm³/mol. The first-order valence-electron chi connectivity index (χ1n) is 6.11. The van der Waals surface area contributed by atoms with Crippen LogP contribution >= 0.6 is 0 Å². The topological polar surface area (TPSA) is 53.1 Å². The van der Waals surface area contributed by atoms with Crippen molar-refractivity contribution in [3.63, 3.8) is 0 Å². The molecule has 0 radical (unpaired) electrons. The van der Waals surface area contributed by atoms with Gasteiger partial charge in [0.05, 0.1) is 11.9 Å². The number of carboxylic acid groups (broad SMARTS) is 1. The Labute approximate surface area is 110 Å². The summed E-state index contributed by atoms with van der Waals surface area (Å²) in [5.41, 5.74) is 4.13. The van der Waals surface area contributed by atoms with E-state index in [0.717, 1.165) is 22.2 Å². The maximum Gasteiger partial charge on any atom is 0.307 e. The number of aromatic nitrogens is 1. The molecule has 0 bridgehead atoms. The van der Waals surface area contributed by atoms with E-state index in [4.69, 9.17) is 5.11 Å². The summed E-state index contributed by atoms with van der Waals surface area (Å²) in [7, 11) is 0. The molecule has 1 heterocycles. The molecule has 3 aromatic rings. The number of hydrogen-bond donors (Lipinski definition) is 2. The molecule has 1 aromatic heterocycles. The molecular formula is C16H13NO2. The molecular weight excluding hydrogens is 238 g/mol. The van der Waals surface area contributed by atoms with Crippen molar-refractivity contribution in [3.8, 4) is 11.1 Å². The Balaban J connectivity index is 2.02. The molecule has 0 saturated heterocycles. The summed E-state index contributed by atoms with van der Waals surface area (Å²) < 4.78 is 0. The van der Waals surface area contributed by atoms with Gasteiger partial charge in [-0.2, -0.15) is 0 Å². The van der Waals surface area contributed by atoms with Crippen LogP contribution in [0.5, 0.6) is 0 Å². The largest absolute Gasteiger partial charge is 0.481 e. The smallest absolute Gasteiger partial charge is 0.307 e. The summed E-state index contributed by atoms with van der Waals surface area (Å²) >= 11 is 0. The van der Waals surface area contributed by atoms with Crippen LogP contribution in [-0.2, 0) is 11.2 Å². The third-order valence-corrected chi connectivity index (χ3v) is 3.21. The van der Waals surface area contributed by atoms with Crippen molar-refractivity contribution >= 4 is 16.9 Å². The Morgan fingerprint density at radius 1 is 1.05 bits per heavy atom. The van der Waals surface area contributed by atoms with E-state index in [0.29, 0.717) is 0 Å². The van der Waals surface area contributed by atoms with Crippen LogP contribution in [0.2, 0.25) is 0 Å². The van der Waals surface area contributed by atoms with E-state index in [9.17, 15) is 4.79 Å². The van der Waals surface area contributed by atoms with Gasteiger partial charge < -0.3 is 10.1 Å². The minimum atomic E-state index is -0.806. The molecule has 0 aliphatic heterocycles. The molecule has 0 unspecified atom stereocenters. The summed E-state index contributed by atoms with van der Waals surface area (Å²) in [6.45, 7) is 0. The minimum Gasteiger partial charge on any atom is -0.481 e.